The highest BCUT2D eigenvalue weighted by Gasteiger charge is 1.92. The molecule has 0 amide bonds. The second-order valence-corrected chi connectivity index (χ2v) is 1.70. The summed E-state index contributed by atoms with van der Waals surface area (Å²) in [6, 6.07) is 1.06. The fourth-order valence-electron chi connectivity index (χ4n) is 0.201. The highest BCUT2D eigenvalue weighted by Crippen LogP contribution is 1.90. The van der Waals surface area contributed by atoms with Crippen LogP contribution in [0.15, 0.2) is 0 Å². The first-order chi connectivity index (χ1) is 3.35. The lowest BCUT2D eigenvalue weighted by atomic mass is 10.7. The highest BCUT2D eigenvalue weighted by atomic mass is 35.5. The van der Waals surface area contributed by atoms with E-state index in [1.165, 1.54) is 0 Å². The van der Waals surface area contributed by atoms with Gasteiger partial charge in [0, 0.05) is 0 Å². The van der Waals surface area contributed by atoms with Crippen molar-refractivity contribution in [2.45, 2.75) is 6.92 Å². The van der Waals surface area contributed by atoms with Crippen molar-refractivity contribution < 1.29 is 0 Å². The Morgan fingerprint density at radius 2 is 1.71 bits per heavy atom. The summed E-state index contributed by atoms with van der Waals surface area (Å²) in [4.78, 5) is 1.91. The molecule has 0 atom stereocenters. The lowest BCUT2D eigenvalue weighted by molar-refractivity contribution is 0.392. The largest absolute Gasteiger partial charge is 0.276 e. The number of hydrogen-bond donors (Lipinski definition) is 0. The third kappa shape index (κ3) is 3.15. The molecular formula is C4H9Cl2N. The molecule has 0 aromatic rings. The zero-order valence-corrected chi connectivity index (χ0v) is 5.84. The Morgan fingerprint density at radius 1 is 1.29 bits per heavy atom. The van der Waals surface area contributed by atoms with Gasteiger partial charge in [0.1, 0.15) is 0 Å². The van der Waals surface area contributed by atoms with Crippen LogP contribution in [-0.4, -0.2) is 23.5 Å². The van der Waals surface area contributed by atoms with E-state index in [4.69, 9.17) is 23.2 Å². The Balaban J connectivity index is 2.99. The predicted octanol–water partition coefficient (Wildman–Crippen LogP) is 1.70. The minimum atomic E-state index is 0.528. The van der Waals surface area contributed by atoms with Crippen LogP contribution in [0.2, 0.25) is 0 Å². The lowest BCUT2D eigenvalue weighted by Gasteiger charge is -2.10. The molecule has 0 aromatic heterocycles. The molecule has 0 saturated carbocycles. The summed E-state index contributed by atoms with van der Waals surface area (Å²) >= 11 is 10.8. The molecule has 0 radical (unpaired) electrons. The molecule has 44 valence electrons. The van der Waals surface area contributed by atoms with Crippen molar-refractivity contribution in [2.24, 2.45) is 0 Å². The summed E-state index contributed by atoms with van der Waals surface area (Å²) in [7, 11) is 0. The van der Waals surface area contributed by atoms with E-state index in [9.17, 15) is 0 Å². The zero-order valence-electron chi connectivity index (χ0n) is 4.32. The van der Waals surface area contributed by atoms with Gasteiger partial charge in [-0.1, -0.05) is 6.92 Å². The van der Waals surface area contributed by atoms with E-state index >= 15 is 0 Å². The second-order valence-electron chi connectivity index (χ2n) is 1.23. The van der Waals surface area contributed by atoms with E-state index in [1.807, 2.05) is 11.8 Å². The van der Waals surface area contributed by atoms with Gasteiger partial charge in [0.25, 0.3) is 0 Å². The third-order valence-corrected chi connectivity index (χ3v) is 1.46. The molecule has 0 aromatic carbocycles. The van der Waals surface area contributed by atoms with Crippen LogP contribution in [0, 0.1) is 0 Å². The van der Waals surface area contributed by atoms with Crippen molar-refractivity contribution in [3.8, 4) is 0 Å². The molecule has 0 bridgehead atoms. The summed E-state index contributed by atoms with van der Waals surface area (Å²) in [6.45, 7) is 2.94. The third-order valence-electron chi connectivity index (χ3n) is 0.785. The average Bonchev–Trinajstić information content (AvgIpc) is 1.72. The van der Waals surface area contributed by atoms with E-state index in [2.05, 4.69) is 0 Å². The first-order valence-corrected chi connectivity index (χ1v) is 3.26. The molecule has 0 spiro atoms. The van der Waals surface area contributed by atoms with Crippen LogP contribution in [0.5, 0.6) is 0 Å². The molecule has 0 N–H and O–H groups in total. The van der Waals surface area contributed by atoms with Gasteiger partial charge in [-0.2, -0.15) is 0 Å². The summed E-state index contributed by atoms with van der Waals surface area (Å²) in [5.74, 6) is 0. The van der Waals surface area contributed by atoms with Gasteiger partial charge in [-0.15, -0.1) is 23.2 Å². The Hall–Kier alpha value is 0.540. The molecule has 0 saturated heterocycles. The maximum atomic E-state index is 5.41. The minimum Gasteiger partial charge on any atom is -0.276 e. The van der Waals surface area contributed by atoms with Crippen molar-refractivity contribution >= 4 is 23.2 Å². The van der Waals surface area contributed by atoms with Crippen molar-refractivity contribution in [3.05, 3.63) is 0 Å². The van der Waals surface area contributed by atoms with Crippen LogP contribution in [0.4, 0.5) is 0 Å². The van der Waals surface area contributed by atoms with Crippen LogP contribution in [-0.2, 0) is 0 Å². The van der Waals surface area contributed by atoms with E-state index in [1.54, 1.807) is 0 Å². The van der Waals surface area contributed by atoms with Gasteiger partial charge < -0.3 is 0 Å². The molecule has 0 fully saturated rings. The number of halogens is 2. The van der Waals surface area contributed by atoms with Crippen LogP contribution >= 0.6 is 23.2 Å². The molecule has 0 unspecified atom stereocenters. The molecule has 7 heavy (non-hydrogen) atoms. The van der Waals surface area contributed by atoms with Crippen molar-refractivity contribution in [1.29, 1.82) is 0 Å². The van der Waals surface area contributed by atoms with Gasteiger partial charge >= 0.3 is 0 Å². The molecular weight excluding hydrogens is 133 g/mol. The van der Waals surface area contributed by atoms with Gasteiger partial charge in [-0.3, -0.25) is 4.90 Å². The summed E-state index contributed by atoms with van der Waals surface area (Å²) in [6.07, 6.45) is 0. The second kappa shape index (κ2) is 4.69. The van der Waals surface area contributed by atoms with Gasteiger partial charge in [0.15, 0.2) is 0 Å². The Kier molecular flexibility index (Phi) is 5.05. The van der Waals surface area contributed by atoms with Gasteiger partial charge in [0.05, 0.1) is 12.0 Å². The van der Waals surface area contributed by atoms with Crippen molar-refractivity contribution in [3.63, 3.8) is 0 Å². The highest BCUT2D eigenvalue weighted by molar-refractivity contribution is 6.19. The summed E-state index contributed by atoms with van der Waals surface area (Å²) < 4.78 is 0. The standard InChI is InChI=1S/C4H9Cl2N/c1-2-7(3-5)4-6/h2-4H2,1H3. The maximum absolute atomic E-state index is 5.41. The molecule has 3 heteroatoms. The van der Waals surface area contributed by atoms with Crippen LogP contribution in [0.1, 0.15) is 6.92 Å². The molecule has 1 nitrogen and oxygen atoms in total. The van der Waals surface area contributed by atoms with Gasteiger partial charge in [-0.25, -0.2) is 0 Å². The summed E-state index contributed by atoms with van der Waals surface area (Å²) in [5.41, 5.74) is 0. The maximum Gasteiger partial charge on any atom is 0.0747 e. The SMILES string of the molecule is CCN(CCl)CCl. The Labute approximate surface area is 54.2 Å². The predicted molar refractivity (Wildman–Crippen MR) is 33.8 cm³/mol. The normalized spacial score (nSPS) is 10.3. The molecule has 0 heterocycles. The molecule has 0 aliphatic carbocycles. The molecule has 0 rings (SSSR count). The average molecular weight is 142 g/mol. The number of hydrogen-bond acceptors (Lipinski definition) is 1. The quantitative estimate of drug-likeness (QED) is 0.428. The van der Waals surface area contributed by atoms with Crippen LogP contribution in [0.25, 0.3) is 0 Å². The smallest absolute Gasteiger partial charge is 0.0747 e. The number of rotatable bonds is 3. The van der Waals surface area contributed by atoms with Gasteiger partial charge in [-0.05, 0) is 6.54 Å². The summed E-state index contributed by atoms with van der Waals surface area (Å²) in [5, 5.41) is 0. The fraction of sp³-hybridized carbons (Fsp3) is 1.00. The van der Waals surface area contributed by atoms with Gasteiger partial charge in [0.2, 0.25) is 0 Å². The Morgan fingerprint density at radius 3 is 1.71 bits per heavy atom. The van der Waals surface area contributed by atoms with Crippen molar-refractivity contribution in [1.82, 2.24) is 4.90 Å². The van der Waals surface area contributed by atoms with Crippen LogP contribution in [0.3, 0.4) is 0 Å². The topological polar surface area (TPSA) is 3.24 Å². The number of nitrogens with zero attached hydrogens (tertiary/aromatic N) is 1. The minimum absolute atomic E-state index is 0.528. The van der Waals surface area contributed by atoms with E-state index in [-0.39, 0.29) is 0 Å². The monoisotopic (exact) mass is 141 g/mol. The first kappa shape index (κ1) is 7.54. The Bertz CT molecular complexity index is 31.2. The fourth-order valence-corrected chi connectivity index (χ4v) is 0.795. The van der Waals surface area contributed by atoms with Crippen LogP contribution < -0.4 is 0 Å². The first-order valence-electron chi connectivity index (χ1n) is 2.19. The molecule has 0 aliphatic rings. The lowest BCUT2D eigenvalue weighted by Crippen LogP contribution is -2.18. The molecule has 0 aliphatic heterocycles. The van der Waals surface area contributed by atoms with E-state index in [0.717, 1.165) is 6.54 Å². The zero-order chi connectivity index (χ0) is 5.70. The number of alkyl halides is 2. The van der Waals surface area contributed by atoms with Crippen molar-refractivity contribution in [2.75, 3.05) is 18.6 Å². The van der Waals surface area contributed by atoms with E-state index < -0.39 is 0 Å². The van der Waals surface area contributed by atoms with E-state index in [0.29, 0.717) is 12.0 Å².